The first kappa shape index (κ1) is 8.60. The second kappa shape index (κ2) is 3.26. The summed E-state index contributed by atoms with van der Waals surface area (Å²) in [7, 11) is 0. The molecule has 0 aromatic heterocycles. The lowest BCUT2D eigenvalue weighted by Gasteiger charge is -1.99. The van der Waals surface area contributed by atoms with Crippen LogP contribution >= 0.6 is 48.5 Å². The van der Waals surface area contributed by atoms with Gasteiger partial charge in [0.05, 0.1) is 10.0 Å². The van der Waals surface area contributed by atoms with Crippen LogP contribution in [-0.4, -0.2) is 0 Å². The Hall–Kier alpha value is 0.500. The molecule has 10 heavy (non-hydrogen) atoms. The molecule has 0 aliphatic rings. The molecule has 0 amide bonds. The van der Waals surface area contributed by atoms with Gasteiger partial charge in [0.25, 0.3) is 0 Å². The Labute approximate surface area is 80.3 Å². The smallest absolute Gasteiger partial charge is 0.0551 e. The molecule has 0 spiro atoms. The molecule has 4 heteroatoms. The van der Waals surface area contributed by atoms with E-state index < -0.39 is 0 Å². The maximum Gasteiger partial charge on any atom is 0.0551 e. The molecule has 1 aromatic rings. The van der Waals surface area contributed by atoms with Crippen molar-refractivity contribution in [2.75, 3.05) is 0 Å². The van der Waals surface area contributed by atoms with E-state index in [0.717, 1.165) is 0 Å². The number of benzene rings is 1. The van der Waals surface area contributed by atoms with E-state index in [2.05, 4.69) is 25.3 Å². The maximum atomic E-state index is 5.70. The molecule has 0 heterocycles. The van der Waals surface area contributed by atoms with E-state index in [1.807, 2.05) is 0 Å². The summed E-state index contributed by atoms with van der Waals surface area (Å²) in [6.07, 6.45) is 0. The summed E-state index contributed by atoms with van der Waals surface area (Å²) in [6, 6.07) is 3.32. The third kappa shape index (κ3) is 1.76. The summed E-state index contributed by atoms with van der Waals surface area (Å²) in [6.45, 7) is 0. The largest absolute Gasteiger partial charge is 0.142 e. The molecule has 0 unspecified atom stereocenters. The van der Waals surface area contributed by atoms with E-state index in [-0.39, 0.29) is 0 Å². The fraction of sp³-hybridized carbons (Fsp3) is 0. The average Bonchev–Trinajstić information content (AvgIpc) is 1.84. The zero-order valence-electron chi connectivity index (χ0n) is 4.81. The van der Waals surface area contributed by atoms with E-state index in [1.165, 1.54) is 0 Å². The van der Waals surface area contributed by atoms with Crippen LogP contribution in [0.1, 0.15) is 0 Å². The van der Waals surface area contributed by atoms with Gasteiger partial charge in [-0.15, -0.1) is 25.3 Å². The number of hydrogen-bond acceptors (Lipinski definition) is 2. The molecule has 0 N–H and O–H groups in total. The first-order valence-electron chi connectivity index (χ1n) is 2.48. The lowest BCUT2D eigenvalue weighted by molar-refractivity contribution is 1.37. The van der Waals surface area contributed by atoms with Crippen molar-refractivity contribution in [3.63, 3.8) is 0 Å². The average molecular weight is 211 g/mol. The van der Waals surface area contributed by atoms with Crippen LogP contribution in [0.15, 0.2) is 21.9 Å². The molecule has 54 valence electrons. The summed E-state index contributed by atoms with van der Waals surface area (Å²) >= 11 is 19.5. The van der Waals surface area contributed by atoms with Crippen molar-refractivity contribution in [2.45, 2.75) is 9.79 Å². The number of halogens is 2. The molecule has 0 aliphatic carbocycles. The van der Waals surface area contributed by atoms with Crippen LogP contribution in [0.4, 0.5) is 0 Å². The van der Waals surface area contributed by atoms with Crippen molar-refractivity contribution >= 4 is 48.5 Å². The summed E-state index contributed by atoms with van der Waals surface area (Å²) in [5, 5.41) is 1.13. The van der Waals surface area contributed by atoms with Crippen LogP contribution in [0.25, 0.3) is 0 Å². The van der Waals surface area contributed by atoms with E-state index in [1.54, 1.807) is 12.1 Å². The molecule has 0 radical (unpaired) electrons. The minimum Gasteiger partial charge on any atom is -0.142 e. The second-order valence-corrected chi connectivity index (χ2v) is 3.53. The van der Waals surface area contributed by atoms with Crippen LogP contribution in [0.5, 0.6) is 0 Å². The quantitative estimate of drug-likeness (QED) is 0.602. The van der Waals surface area contributed by atoms with E-state index in [9.17, 15) is 0 Å². The normalized spacial score (nSPS) is 10.0. The van der Waals surface area contributed by atoms with Gasteiger partial charge in [-0.05, 0) is 12.1 Å². The van der Waals surface area contributed by atoms with Gasteiger partial charge in [-0.1, -0.05) is 23.2 Å². The van der Waals surface area contributed by atoms with Crippen molar-refractivity contribution in [3.05, 3.63) is 22.2 Å². The fourth-order valence-electron chi connectivity index (χ4n) is 0.526. The minimum atomic E-state index is 0.567. The molecule has 1 rings (SSSR count). The van der Waals surface area contributed by atoms with Crippen molar-refractivity contribution in [2.24, 2.45) is 0 Å². The van der Waals surface area contributed by atoms with Gasteiger partial charge >= 0.3 is 0 Å². The van der Waals surface area contributed by atoms with Gasteiger partial charge in [0.1, 0.15) is 0 Å². The Morgan fingerprint density at radius 3 is 1.50 bits per heavy atom. The lowest BCUT2D eigenvalue weighted by atomic mass is 10.4. The molecule has 0 nitrogen and oxygen atoms in total. The van der Waals surface area contributed by atoms with Crippen LogP contribution in [0.2, 0.25) is 10.0 Å². The van der Waals surface area contributed by atoms with Crippen molar-refractivity contribution in [3.8, 4) is 0 Å². The zero-order valence-corrected chi connectivity index (χ0v) is 8.11. The highest BCUT2D eigenvalue weighted by Gasteiger charge is 2.00. The number of thiol groups is 2. The van der Waals surface area contributed by atoms with Crippen LogP contribution < -0.4 is 0 Å². The topological polar surface area (TPSA) is 0 Å². The number of hydrogen-bond donors (Lipinski definition) is 2. The summed E-state index contributed by atoms with van der Waals surface area (Å²) in [5.74, 6) is 0. The zero-order chi connectivity index (χ0) is 7.72. The van der Waals surface area contributed by atoms with Crippen LogP contribution in [0.3, 0.4) is 0 Å². The Balaban J connectivity index is 3.28. The van der Waals surface area contributed by atoms with Crippen molar-refractivity contribution in [1.82, 2.24) is 0 Å². The second-order valence-electron chi connectivity index (χ2n) is 1.76. The van der Waals surface area contributed by atoms with Crippen molar-refractivity contribution in [1.29, 1.82) is 0 Å². The predicted octanol–water partition coefficient (Wildman–Crippen LogP) is 3.57. The van der Waals surface area contributed by atoms with Gasteiger partial charge in [-0.2, -0.15) is 0 Å². The fourth-order valence-corrected chi connectivity index (χ4v) is 1.39. The first-order chi connectivity index (χ1) is 4.61. The van der Waals surface area contributed by atoms with E-state index >= 15 is 0 Å². The molecule has 0 aliphatic heterocycles. The van der Waals surface area contributed by atoms with E-state index in [4.69, 9.17) is 23.2 Å². The van der Waals surface area contributed by atoms with Gasteiger partial charge in [-0.25, -0.2) is 0 Å². The molecule has 0 saturated heterocycles. The van der Waals surface area contributed by atoms with Gasteiger partial charge in [0.2, 0.25) is 0 Å². The molecule has 1 aromatic carbocycles. The maximum absolute atomic E-state index is 5.70. The van der Waals surface area contributed by atoms with Gasteiger partial charge in [0, 0.05) is 9.79 Å². The Bertz CT molecular complexity index is 210. The third-order valence-electron chi connectivity index (χ3n) is 1.02. The molecule has 0 atom stereocenters. The Morgan fingerprint density at radius 1 is 0.900 bits per heavy atom. The van der Waals surface area contributed by atoms with E-state index in [0.29, 0.717) is 19.8 Å². The summed E-state index contributed by atoms with van der Waals surface area (Å²) < 4.78 is 0. The molecular weight excluding hydrogens is 207 g/mol. The first-order valence-corrected chi connectivity index (χ1v) is 4.13. The molecular formula is C6H4Cl2S2. The lowest BCUT2D eigenvalue weighted by Crippen LogP contribution is -1.72. The standard InChI is InChI=1S/C6H4Cl2S2/c7-3-1-5(9)4(8)2-6(3)10/h1-2,9-10H. The minimum absolute atomic E-state index is 0.567. The van der Waals surface area contributed by atoms with Crippen LogP contribution in [0, 0.1) is 0 Å². The van der Waals surface area contributed by atoms with Crippen molar-refractivity contribution < 1.29 is 0 Å². The Kier molecular flexibility index (Phi) is 2.81. The highest BCUT2D eigenvalue weighted by molar-refractivity contribution is 7.80. The Morgan fingerprint density at radius 2 is 1.20 bits per heavy atom. The third-order valence-corrected chi connectivity index (χ3v) is 2.65. The highest BCUT2D eigenvalue weighted by Crippen LogP contribution is 2.29. The van der Waals surface area contributed by atoms with Crippen LogP contribution in [-0.2, 0) is 0 Å². The molecule has 0 saturated carbocycles. The highest BCUT2D eigenvalue weighted by atomic mass is 35.5. The monoisotopic (exact) mass is 210 g/mol. The summed E-state index contributed by atoms with van der Waals surface area (Å²) in [4.78, 5) is 1.34. The molecule has 0 fully saturated rings. The summed E-state index contributed by atoms with van der Waals surface area (Å²) in [5.41, 5.74) is 0. The van der Waals surface area contributed by atoms with Gasteiger partial charge in [-0.3, -0.25) is 0 Å². The number of rotatable bonds is 0. The predicted molar refractivity (Wildman–Crippen MR) is 51.0 cm³/mol. The molecule has 0 bridgehead atoms. The SMILES string of the molecule is Sc1cc(Cl)c(S)cc1Cl. The van der Waals surface area contributed by atoms with Gasteiger partial charge < -0.3 is 0 Å². The van der Waals surface area contributed by atoms with Gasteiger partial charge in [0.15, 0.2) is 0 Å².